The van der Waals surface area contributed by atoms with Gasteiger partial charge in [-0.05, 0) is 12.1 Å². The molecule has 0 fully saturated rings. The highest BCUT2D eigenvalue weighted by molar-refractivity contribution is 5.22. The maximum Gasteiger partial charge on any atom is 0.137 e. The summed E-state index contributed by atoms with van der Waals surface area (Å²) in [7, 11) is 0. The van der Waals surface area contributed by atoms with E-state index in [2.05, 4.69) is 6.07 Å². The van der Waals surface area contributed by atoms with Gasteiger partial charge in [0.2, 0.25) is 0 Å². The zero-order valence-electron chi connectivity index (χ0n) is 8.11. The molecule has 0 saturated carbocycles. The van der Waals surface area contributed by atoms with Crippen molar-refractivity contribution in [3.63, 3.8) is 0 Å². The molecule has 0 aliphatic heterocycles. The predicted octanol–water partition coefficient (Wildman–Crippen LogP) is 3.20. The van der Waals surface area contributed by atoms with E-state index in [0.717, 1.165) is 5.75 Å². The molecular formula is C13H10FO. The van der Waals surface area contributed by atoms with E-state index >= 15 is 0 Å². The molecule has 2 heteroatoms. The third-order valence-electron chi connectivity index (χ3n) is 2.02. The first-order valence-corrected chi connectivity index (χ1v) is 4.69. The van der Waals surface area contributed by atoms with Crippen LogP contribution in [0.3, 0.4) is 0 Å². The van der Waals surface area contributed by atoms with Crippen molar-refractivity contribution < 1.29 is 9.13 Å². The summed E-state index contributed by atoms with van der Waals surface area (Å²) in [4.78, 5) is 0. The highest BCUT2D eigenvalue weighted by atomic mass is 19.1. The lowest BCUT2D eigenvalue weighted by Crippen LogP contribution is -1.97. The van der Waals surface area contributed by atoms with E-state index in [9.17, 15) is 4.39 Å². The Kier molecular flexibility index (Phi) is 2.98. The first-order chi connectivity index (χ1) is 7.36. The lowest BCUT2D eigenvalue weighted by atomic mass is 10.2. The van der Waals surface area contributed by atoms with Gasteiger partial charge in [-0.25, -0.2) is 4.39 Å². The minimum absolute atomic E-state index is 0.229. The smallest absolute Gasteiger partial charge is 0.137 e. The molecule has 0 amide bonds. The maximum atomic E-state index is 13.2. The molecule has 0 saturated heterocycles. The molecule has 2 aromatic rings. The van der Waals surface area contributed by atoms with Gasteiger partial charge < -0.3 is 4.74 Å². The van der Waals surface area contributed by atoms with Gasteiger partial charge in [0.25, 0.3) is 0 Å². The SMILES string of the molecule is Fc1[c]cccc1COc1ccccc1. The monoisotopic (exact) mass is 201 g/mol. The number of para-hydroxylation sites is 1. The normalized spacial score (nSPS) is 9.93. The number of ether oxygens (including phenoxy) is 1. The zero-order valence-corrected chi connectivity index (χ0v) is 8.11. The number of rotatable bonds is 3. The van der Waals surface area contributed by atoms with Gasteiger partial charge in [-0.15, -0.1) is 0 Å². The molecule has 1 nitrogen and oxygen atoms in total. The second-order valence-electron chi connectivity index (χ2n) is 3.11. The fraction of sp³-hybridized carbons (Fsp3) is 0.0769. The van der Waals surface area contributed by atoms with E-state index < -0.39 is 0 Å². The molecule has 2 aromatic carbocycles. The Morgan fingerprint density at radius 1 is 1.07 bits per heavy atom. The van der Waals surface area contributed by atoms with Gasteiger partial charge in [0.05, 0.1) is 0 Å². The van der Waals surface area contributed by atoms with E-state index in [1.54, 1.807) is 18.2 Å². The Hall–Kier alpha value is -1.83. The first kappa shape index (κ1) is 9.71. The fourth-order valence-corrected chi connectivity index (χ4v) is 1.24. The minimum Gasteiger partial charge on any atom is -0.489 e. The third kappa shape index (κ3) is 2.56. The largest absolute Gasteiger partial charge is 0.489 e. The van der Waals surface area contributed by atoms with Gasteiger partial charge in [-0.1, -0.05) is 36.4 Å². The molecule has 75 valence electrons. The molecule has 0 N–H and O–H groups in total. The lowest BCUT2D eigenvalue weighted by molar-refractivity contribution is 0.300. The molecule has 0 aliphatic rings. The molecule has 2 rings (SSSR count). The standard InChI is InChI=1S/C13H10FO/c14-13-9-5-4-6-11(13)10-15-12-7-2-1-3-8-12/h1-8H,10H2. The third-order valence-corrected chi connectivity index (χ3v) is 2.02. The first-order valence-electron chi connectivity index (χ1n) is 4.69. The molecular weight excluding hydrogens is 191 g/mol. The molecule has 0 aliphatic carbocycles. The summed E-state index contributed by atoms with van der Waals surface area (Å²) in [5.74, 6) is 0.384. The highest BCUT2D eigenvalue weighted by Crippen LogP contribution is 2.13. The number of halogens is 1. The Morgan fingerprint density at radius 3 is 2.60 bits per heavy atom. The van der Waals surface area contributed by atoms with Crippen LogP contribution in [0, 0.1) is 11.9 Å². The Morgan fingerprint density at radius 2 is 1.87 bits per heavy atom. The van der Waals surface area contributed by atoms with Crippen LogP contribution in [0.25, 0.3) is 0 Å². The summed E-state index contributed by atoms with van der Waals surface area (Å²) >= 11 is 0. The number of hydrogen-bond acceptors (Lipinski definition) is 1. The van der Waals surface area contributed by atoms with E-state index in [1.165, 1.54) is 0 Å². The zero-order chi connectivity index (χ0) is 10.5. The van der Waals surface area contributed by atoms with Crippen LogP contribution in [0.4, 0.5) is 4.39 Å². The van der Waals surface area contributed by atoms with E-state index in [0.29, 0.717) is 5.56 Å². The van der Waals surface area contributed by atoms with Crippen molar-refractivity contribution in [1.82, 2.24) is 0 Å². The van der Waals surface area contributed by atoms with Crippen molar-refractivity contribution in [2.24, 2.45) is 0 Å². The average Bonchev–Trinajstić information content (AvgIpc) is 2.29. The second-order valence-corrected chi connectivity index (χ2v) is 3.11. The molecule has 0 unspecified atom stereocenters. The lowest BCUT2D eigenvalue weighted by Gasteiger charge is -2.06. The highest BCUT2D eigenvalue weighted by Gasteiger charge is 2.01. The maximum absolute atomic E-state index is 13.2. The van der Waals surface area contributed by atoms with Crippen molar-refractivity contribution in [2.45, 2.75) is 6.61 Å². The van der Waals surface area contributed by atoms with Crippen LogP contribution in [0.2, 0.25) is 0 Å². The molecule has 0 heterocycles. The van der Waals surface area contributed by atoms with Gasteiger partial charge in [-0.2, -0.15) is 0 Å². The van der Waals surface area contributed by atoms with Gasteiger partial charge in [0.15, 0.2) is 0 Å². The predicted molar refractivity (Wildman–Crippen MR) is 56.0 cm³/mol. The summed E-state index contributed by atoms with van der Waals surface area (Å²) in [6.07, 6.45) is 0. The van der Waals surface area contributed by atoms with Gasteiger partial charge >= 0.3 is 0 Å². The van der Waals surface area contributed by atoms with E-state index in [4.69, 9.17) is 4.74 Å². The molecule has 0 spiro atoms. The Labute approximate surface area is 88.1 Å². The van der Waals surface area contributed by atoms with Crippen molar-refractivity contribution in [3.05, 3.63) is 66.0 Å². The Balaban J connectivity index is 2.03. The van der Waals surface area contributed by atoms with Crippen LogP contribution >= 0.6 is 0 Å². The summed E-state index contributed by atoms with van der Waals surface area (Å²) in [5, 5.41) is 0. The second kappa shape index (κ2) is 4.60. The Bertz CT molecular complexity index is 426. The van der Waals surface area contributed by atoms with Crippen molar-refractivity contribution in [1.29, 1.82) is 0 Å². The summed E-state index contributed by atoms with van der Waals surface area (Å²) < 4.78 is 18.6. The van der Waals surface area contributed by atoms with Gasteiger partial charge in [0.1, 0.15) is 18.2 Å². The van der Waals surface area contributed by atoms with Crippen molar-refractivity contribution in [3.8, 4) is 5.75 Å². The molecule has 0 aromatic heterocycles. The van der Waals surface area contributed by atoms with Crippen LogP contribution in [-0.4, -0.2) is 0 Å². The summed E-state index contributed by atoms with van der Waals surface area (Å²) in [5.41, 5.74) is 0.515. The van der Waals surface area contributed by atoms with Gasteiger partial charge in [0, 0.05) is 11.6 Å². The quantitative estimate of drug-likeness (QED) is 0.741. The molecule has 15 heavy (non-hydrogen) atoms. The van der Waals surface area contributed by atoms with Crippen LogP contribution in [0.1, 0.15) is 5.56 Å². The minimum atomic E-state index is -0.353. The average molecular weight is 201 g/mol. The topological polar surface area (TPSA) is 9.23 Å². The van der Waals surface area contributed by atoms with Crippen LogP contribution in [0.15, 0.2) is 48.5 Å². The van der Waals surface area contributed by atoms with Crippen LogP contribution in [-0.2, 0) is 6.61 Å². The van der Waals surface area contributed by atoms with E-state index in [1.807, 2.05) is 30.3 Å². The number of hydrogen-bond donors (Lipinski definition) is 0. The fourth-order valence-electron chi connectivity index (χ4n) is 1.24. The van der Waals surface area contributed by atoms with Gasteiger partial charge in [-0.3, -0.25) is 0 Å². The van der Waals surface area contributed by atoms with Crippen LogP contribution < -0.4 is 4.74 Å². The van der Waals surface area contributed by atoms with E-state index in [-0.39, 0.29) is 12.4 Å². The summed E-state index contributed by atoms with van der Waals surface area (Å²) in [6, 6.07) is 16.8. The number of benzene rings is 2. The van der Waals surface area contributed by atoms with Crippen molar-refractivity contribution >= 4 is 0 Å². The molecule has 0 atom stereocenters. The summed E-state index contributed by atoms with van der Waals surface area (Å²) in [6.45, 7) is 0.229. The molecule has 0 bridgehead atoms. The van der Waals surface area contributed by atoms with Crippen molar-refractivity contribution in [2.75, 3.05) is 0 Å². The molecule has 1 radical (unpaired) electrons. The van der Waals surface area contributed by atoms with Crippen LogP contribution in [0.5, 0.6) is 5.75 Å².